The van der Waals surface area contributed by atoms with E-state index in [2.05, 4.69) is 0 Å². The van der Waals surface area contributed by atoms with Crippen molar-refractivity contribution in [2.45, 2.75) is 12.7 Å². The molecule has 7 heteroatoms. The molecule has 4 nitrogen and oxygen atoms in total. The van der Waals surface area contributed by atoms with E-state index in [4.69, 9.17) is 9.47 Å². The first-order valence-corrected chi connectivity index (χ1v) is 5.33. The number of carbonyl (C=O) groups excluding carboxylic acids is 1. The van der Waals surface area contributed by atoms with E-state index >= 15 is 0 Å². The molecule has 0 aromatic heterocycles. The molecular weight excluding hydrogens is 263 g/mol. The summed E-state index contributed by atoms with van der Waals surface area (Å²) in [6, 6.07) is 4.80. The Morgan fingerprint density at radius 2 is 1.89 bits per heavy atom. The van der Waals surface area contributed by atoms with Crippen LogP contribution >= 0.6 is 0 Å². The standard InChI is InChI=1S/C12H14F3NO3/c1-16(11(17)12(13,14)15)7-8-5-4-6-9(18-2)10(8)19-3/h4-6H,7H2,1-3H3. The first kappa shape index (κ1) is 15.1. The van der Waals surface area contributed by atoms with Crippen LogP contribution in [0, 0.1) is 0 Å². The summed E-state index contributed by atoms with van der Waals surface area (Å²) in [5.41, 5.74) is 0.432. The van der Waals surface area contributed by atoms with Gasteiger partial charge >= 0.3 is 12.1 Å². The molecule has 0 N–H and O–H groups in total. The number of alkyl halides is 3. The van der Waals surface area contributed by atoms with Crippen LogP contribution in [0.3, 0.4) is 0 Å². The monoisotopic (exact) mass is 277 g/mol. The summed E-state index contributed by atoms with van der Waals surface area (Å²) in [4.78, 5) is 11.6. The smallest absolute Gasteiger partial charge is 0.471 e. The van der Waals surface area contributed by atoms with Gasteiger partial charge in [-0.1, -0.05) is 12.1 Å². The highest BCUT2D eigenvalue weighted by Gasteiger charge is 2.41. The number of para-hydroxylation sites is 1. The molecule has 0 saturated carbocycles. The zero-order chi connectivity index (χ0) is 14.6. The molecule has 0 bridgehead atoms. The molecule has 0 atom stereocenters. The summed E-state index contributed by atoms with van der Waals surface area (Å²) >= 11 is 0. The molecule has 19 heavy (non-hydrogen) atoms. The fourth-order valence-electron chi connectivity index (χ4n) is 1.62. The van der Waals surface area contributed by atoms with E-state index in [9.17, 15) is 18.0 Å². The van der Waals surface area contributed by atoms with Gasteiger partial charge in [-0.25, -0.2) is 0 Å². The van der Waals surface area contributed by atoms with Crippen LogP contribution in [0.1, 0.15) is 5.56 Å². The van der Waals surface area contributed by atoms with Gasteiger partial charge in [-0.15, -0.1) is 0 Å². The van der Waals surface area contributed by atoms with Crippen molar-refractivity contribution in [3.8, 4) is 11.5 Å². The van der Waals surface area contributed by atoms with Crippen LogP contribution in [0.15, 0.2) is 18.2 Å². The molecule has 0 saturated heterocycles. The lowest BCUT2D eigenvalue weighted by Crippen LogP contribution is -2.38. The molecule has 0 unspecified atom stereocenters. The Kier molecular flexibility index (Phi) is 4.63. The van der Waals surface area contributed by atoms with Gasteiger partial charge < -0.3 is 14.4 Å². The maximum atomic E-state index is 12.3. The van der Waals surface area contributed by atoms with Crippen LogP contribution in [0.5, 0.6) is 11.5 Å². The molecule has 0 aliphatic heterocycles. The molecular formula is C12H14F3NO3. The van der Waals surface area contributed by atoms with Crippen molar-refractivity contribution < 1.29 is 27.4 Å². The highest BCUT2D eigenvalue weighted by Crippen LogP contribution is 2.31. The molecule has 0 spiro atoms. The highest BCUT2D eigenvalue weighted by molar-refractivity contribution is 5.81. The van der Waals surface area contributed by atoms with Gasteiger partial charge in [-0.2, -0.15) is 13.2 Å². The second kappa shape index (κ2) is 5.81. The minimum Gasteiger partial charge on any atom is -0.493 e. The van der Waals surface area contributed by atoms with Gasteiger partial charge in [0.05, 0.1) is 14.2 Å². The topological polar surface area (TPSA) is 38.8 Å². The first-order chi connectivity index (χ1) is 8.81. The minimum atomic E-state index is -4.89. The molecule has 0 aliphatic carbocycles. The zero-order valence-corrected chi connectivity index (χ0v) is 10.7. The molecule has 1 rings (SSSR count). The average Bonchev–Trinajstić information content (AvgIpc) is 2.36. The Labute approximate surface area is 108 Å². The molecule has 1 aromatic rings. The second-order valence-corrected chi connectivity index (χ2v) is 3.81. The van der Waals surface area contributed by atoms with Crippen LogP contribution in [0.25, 0.3) is 0 Å². The third-order valence-electron chi connectivity index (χ3n) is 2.48. The lowest BCUT2D eigenvalue weighted by Gasteiger charge is -2.20. The number of rotatable bonds is 4. The third kappa shape index (κ3) is 3.52. The van der Waals surface area contributed by atoms with Crippen LogP contribution in [-0.2, 0) is 11.3 Å². The largest absolute Gasteiger partial charge is 0.493 e. The number of methoxy groups -OCH3 is 2. The fraction of sp³-hybridized carbons (Fsp3) is 0.417. The summed E-state index contributed by atoms with van der Waals surface area (Å²) in [5.74, 6) is -1.20. The van der Waals surface area contributed by atoms with E-state index in [-0.39, 0.29) is 6.54 Å². The maximum Gasteiger partial charge on any atom is 0.471 e. The van der Waals surface area contributed by atoms with Gasteiger partial charge in [-0.05, 0) is 6.07 Å². The Bertz CT molecular complexity index is 460. The number of ether oxygens (including phenoxy) is 2. The van der Waals surface area contributed by atoms with Crippen LogP contribution in [0.4, 0.5) is 13.2 Å². The summed E-state index contributed by atoms with van der Waals surface area (Å²) in [7, 11) is 3.88. The van der Waals surface area contributed by atoms with E-state index in [0.717, 1.165) is 7.05 Å². The molecule has 0 radical (unpaired) electrons. The van der Waals surface area contributed by atoms with Gasteiger partial charge in [0.2, 0.25) is 0 Å². The van der Waals surface area contributed by atoms with Gasteiger partial charge in [0.1, 0.15) is 0 Å². The maximum absolute atomic E-state index is 12.3. The summed E-state index contributed by atoms with van der Waals surface area (Å²) in [5, 5.41) is 0. The van der Waals surface area contributed by atoms with Crippen LogP contribution in [-0.4, -0.2) is 38.3 Å². The molecule has 1 amide bonds. The molecule has 0 fully saturated rings. The van der Waals surface area contributed by atoms with E-state index < -0.39 is 12.1 Å². The third-order valence-corrected chi connectivity index (χ3v) is 2.48. The van der Waals surface area contributed by atoms with E-state index in [0.29, 0.717) is 22.0 Å². The van der Waals surface area contributed by atoms with Gasteiger partial charge in [0, 0.05) is 19.2 Å². The number of nitrogens with zero attached hydrogens (tertiary/aromatic N) is 1. The second-order valence-electron chi connectivity index (χ2n) is 3.81. The quantitative estimate of drug-likeness (QED) is 0.847. The normalized spacial score (nSPS) is 11.1. The van der Waals surface area contributed by atoms with Gasteiger partial charge in [0.25, 0.3) is 0 Å². The Balaban J connectivity index is 2.97. The number of hydrogen-bond acceptors (Lipinski definition) is 3. The van der Waals surface area contributed by atoms with E-state index in [1.165, 1.54) is 14.2 Å². The van der Waals surface area contributed by atoms with Crippen LogP contribution < -0.4 is 9.47 Å². The summed E-state index contributed by atoms with van der Waals surface area (Å²) in [6.07, 6.45) is -4.89. The number of benzene rings is 1. The van der Waals surface area contributed by atoms with Crippen molar-refractivity contribution in [2.75, 3.05) is 21.3 Å². The zero-order valence-electron chi connectivity index (χ0n) is 10.7. The molecule has 0 heterocycles. The minimum absolute atomic E-state index is 0.223. The van der Waals surface area contributed by atoms with Crippen molar-refractivity contribution in [3.05, 3.63) is 23.8 Å². The van der Waals surface area contributed by atoms with Crippen molar-refractivity contribution in [2.24, 2.45) is 0 Å². The predicted molar refractivity (Wildman–Crippen MR) is 62.1 cm³/mol. The average molecular weight is 277 g/mol. The number of carbonyl (C=O) groups is 1. The Hall–Kier alpha value is -1.92. The Morgan fingerprint density at radius 3 is 2.37 bits per heavy atom. The molecule has 1 aromatic carbocycles. The lowest BCUT2D eigenvalue weighted by atomic mass is 10.1. The number of hydrogen-bond donors (Lipinski definition) is 0. The Morgan fingerprint density at radius 1 is 1.26 bits per heavy atom. The number of amides is 1. The number of halogens is 3. The van der Waals surface area contributed by atoms with E-state index in [1.54, 1.807) is 18.2 Å². The first-order valence-electron chi connectivity index (χ1n) is 5.33. The van der Waals surface area contributed by atoms with Crippen molar-refractivity contribution in [1.82, 2.24) is 4.90 Å². The van der Waals surface area contributed by atoms with Crippen molar-refractivity contribution in [3.63, 3.8) is 0 Å². The van der Waals surface area contributed by atoms with Gasteiger partial charge in [-0.3, -0.25) is 4.79 Å². The predicted octanol–water partition coefficient (Wildman–Crippen LogP) is 2.22. The summed E-state index contributed by atoms with van der Waals surface area (Å²) < 4.78 is 47.0. The SMILES string of the molecule is COc1cccc(CN(C)C(=O)C(F)(F)F)c1OC. The molecule has 0 aliphatic rings. The van der Waals surface area contributed by atoms with E-state index in [1.807, 2.05) is 0 Å². The van der Waals surface area contributed by atoms with Gasteiger partial charge in [0.15, 0.2) is 11.5 Å². The van der Waals surface area contributed by atoms with Crippen molar-refractivity contribution in [1.29, 1.82) is 0 Å². The van der Waals surface area contributed by atoms with Crippen molar-refractivity contribution >= 4 is 5.91 Å². The molecule has 106 valence electrons. The fourth-order valence-corrected chi connectivity index (χ4v) is 1.62. The highest BCUT2D eigenvalue weighted by atomic mass is 19.4. The summed E-state index contributed by atoms with van der Waals surface area (Å²) in [6.45, 7) is -0.223. The lowest BCUT2D eigenvalue weighted by molar-refractivity contribution is -0.184. The van der Waals surface area contributed by atoms with Crippen LogP contribution in [0.2, 0.25) is 0 Å².